The van der Waals surface area contributed by atoms with Gasteiger partial charge in [-0.2, -0.15) is 5.06 Å². The lowest BCUT2D eigenvalue weighted by Gasteiger charge is -2.05. The van der Waals surface area contributed by atoms with Crippen LogP contribution in [0.25, 0.3) is 0 Å². The largest absolute Gasteiger partial charge is 0.478 e. The van der Waals surface area contributed by atoms with Gasteiger partial charge in [0, 0.05) is 31.0 Å². The Morgan fingerprint density at radius 2 is 1.74 bits per heavy atom. The Kier molecular flexibility index (Phi) is 11.9. The number of hydroxylamine groups is 2. The number of hydrogen-bond acceptors (Lipinski definition) is 6. The summed E-state index contributed by atoms with van der Waals surface area (Å²) in [6.07, 6.45) is 0.633. The number of carboxylic acid groups (broad SMARTS) is 1. The van der Waals surface area contributed by atoms with Crippen LogP contribution in [0, 0.1) is 0 Å². The summed E-state index contributed by atoms with van der Waals surface area (Å²) in [7, 11) is 0. The molecule has 1 fully saturated rings. The minimum absolute atomic E-state index is 0.148. The van der Waals surface area contributed by atoms with Gasteiger partial charge in [0.05, 0.1) is 6.10 Å². The van der Waals surface area contributed by atoms with E-state index in [1.807, 2.05) is 0 Å². The first-order valence-electron chi connectivity index (χ1n) is 6.54. The van der Waals surface area contributed by atoms with E-state index in [-0.39, 0.29) is 30.4 Å². The average molecular weight is 330 g/mol. The van der Waals surface area contributed by atoms with E-state index in [1.54, 1.807) is 13.8 Å². The predicted molar refractivity (Wildman–Crippen MR) is 80.2 cm³/mol. The molecule has 1 heterocycles. The topological polar surface area (TPSA) is 144 Å². The van der Waals surface area contributed by atoms with Gasteiger partial charge in [-0.1, -0.05) is 13.2 Å². The molecule has 3 amide bonds. The summed E-state index contributed by atoms with van der Waals surface area (Å²) < 4.78 is 0. The lowest BCUT2D eigenvalue weighted by molar-refractivity contribution is -0.171. The van der Waals surface area contributed by atoms with E-state index in [4.69, 9.17) is 15.4 Å². The van der Waals surface area contributed by atoms with Crippen molar-refractivity contribution in [2.24, 2.45) is 0 Å². The first kappa shape index (κ1) is 22.8. The van der Waals surface area contributed by atoms with Crippen LogP contribution in [0.4, 0.5) is 0 Å². The molecule has 1 aliphatic rings. The monoisotopic (exact) mass is 330 g/mol. The minimum Gasteiger partial charge on any atom is -0.478 e. The fourth-order valence-corrected chi connectivity index (χ4v) is 0.956. The summed E-state index contributed by atoms with van der Waals surface area (Å²) in [5.74, 6) is -2.20. The molecule has 1 atom stereocenters. The molecule has 0 aromatic carbocycles. The fraction of sp³-hybridized carbons (Fsp3) is 0.429. The molecule has 1 saturated heterocycles. The van der Waals surface area contributed by atoms with E-state index in [1.165, 1.54) is 0 Å². The summed E-state index contributed by atoms with van der Waals surface area (Å²) in [6, 6.07) is 0. The Morgan fingerprint density at radius 1 is 1.35 bits per heavy atom. The Balaban J connectivity index is 0. The summed E-state index contributed by atoms with van der Waals surface area (Å²) in [5, 5.41) is 27.4. The number of carbonyl (C=O) groups excluding carboxylic acids is 3. The van der Waals surface area contributed by atoms with Gasteiger partial charge in [-0.3, -0.25) is 19.6 Å². The van der Waals surface area contributed by atoms with Crippen LogP contribution < -0.4 is 5.32 Å². The van der Waals surface area contributed by atoms with E-state index in [2.05, 4.69) is 18.5 Å². The molecule has 0 aliphatic carbocycles. The highest BCUT2D eigenvalue weighted by molar-refractivity contribution is 6.00. The number of aliphatic carboxylic acids is 1. The van der Waals surface area contributed by atoms with Gasteiger partial charge in [0.25, 0.3) is 11.8 Å². The van der Waals surface area contributed by atoms with Crippen LogP contribution in [0.2, 0.25) is 0 Å². The van der Waals surface area contributed by atoms with E-state index in [9.17, 15) is 19.2 Å². The second-order valence-electron chi connectivity index (χ2n) is 4.48. The Morgan fingerprint density at radius 3 is 1.91 bits per heavy atom. The highest BCUT2D eigenvalue weighted by Crippen LogP contribution is 2.07. The Labute approximate surface area is 133 Å². The number of imide groups is 1. The van der Waals surface area contributed by atoms with Crippen molar-refractivity contribution in [3.05, 3.63) is 24.8 Å². The van der Waals surface area contributed by atoms with Gasteiger partial charge in [-0.15, -0.1) is 0 Å². The summed E-state index contributed by atoms with van der Waals surface area (Å²) >= 11 is 0. The van der Waals surface area contributed by atoms with Crippen LogP contribution in [0.3, 0.4) is 0 Å². The van der Waals surface area contributed by atoms with Crippen LogP contribution in [0.5, 0.6) is 0 Å². The molecule has 0 saturated carbocycles. The van der Waals surface area contributed by atoms with Crippen molar-refractivity contribution in [1.82, 2.24) is 10.4 Å². The zero-order valence-electron chi connectivity index (χ0n) is 13.1. The van der Waals surface area contributed by atoms with Gasteiger partial charge in [-0.25, -0.2) is 4.79 Å². The highest BCUT2D eigenvalue weighted by Gasteiger charge is 2.26. The maximum absolute atomic E-state index is 10.7. The molecule has 130 valence electrons. The van der Waals surface area contributed by atoms with Crippen LogP contribution in [-0.2, 0) is 19.2 Å². The normalized spacial score (nSPS) is 13.8. The van der Waals surface area contributed by atoms with E-state index in [0.29, 0.717) is 5.57 Å². The van der Waals surface area contributed by atoms with Crippen molar-refractivity contribution in [2.75, 3.05) is 6.54 Å². The van der Waals surface area contributed by atoms with Crippen LogP contribution >= 0.6 is 0 Å². The number of nitrogens with zero attached hydrogens (tertiary/aromatic N) is 1. The van der Waals surface area contributed by atoms with Crippen LogP contribution in [-0.4, -0.2) is 56.8 Å². The number of carbonyl (C=O) groups is 4. The number of amides is 3. The second-order valence-corrected chi connectivity index (χ2v) is 4.48. The molecule has 0 bridgehead atoms. The number of rotatable bonds is 4. The standard InChI is InChI=1S/C7H13NO2.C4H5NO3.C3H4O2/c1-5(2)7(10)8-4-6(3)9;6-3-1-2-4(7)5(3)8;1-2-3(4)5/h6,9H,1,4H2,2-3H3,(H,8,10);8H,1-2H2;2H,1H2,(H,4,5). The Bertz CT molecular complexity index is 456. The zero-order chi connectivity index (χ0) is 18.6. The molecular weight excluding hydrogens is 308 g/mol. The second kappa shape index (κ2) is 12.1. The highest BCUT2D eigenvalue weighted by atomic mass is 16.5. The predicted octanol–water partition coefficient (Wildman–Crippen LogP) is -0.159. The third kappa shape index (κ3) is 12.9. The number of aliphatic hydroxyl groups excluding tert-OH is 1. The summed E-state index contributed by atoms with van der Waals surface area (Å²) in [6.45, 7) is 9.92. The van der Waals surface area contributed by atoms with Crippen LogP contribution in [0.1, 0.15) is 26.7 Å². The van der Waals surface area contributed by atoms with Crippen molar-refractivity contribution in [3.63, 3.8) is 0 Å². The summed E-state index contributed by atoms with van der Waals surface area (Å²) in [5.41, 5.74) is 0.459. The Hall–Kier alpha value is -2.52. The maximum atomic E-state index is 10.7. The van der Waals surface area contributed by atoms with Gasteiger partial charge in [0.1, 0.15) is 0 Å². The number of aliphatic hydroxyl groups is 1. The molecule has 4 N–H and O–H groups in total. The van der Waals surface area contributed by atoms with Crippen molar-refractivity contribution in [2.45, 2.75) is 32.8 Å². The number of hydrogen-bond donors (Lipinski definition) is 4. The molecular formula is C14H22N2O7. The molecule has 1 rings (SSSR count). The lowest BCUT2D eigenvalue weighted by atomic mass is 10.3. The molecule has 9 nitrogen and oxygen atoms in total. The molecule has 0 aromatic rings. The molecule has 0 aromatic heterocycles. The van der Waals surface area contributed by atoms with E-state index < -0.39 is 23.9 Å². The first-order chi connectivity index (χ1) is 10.5. The third-order valence-electron chi connectivity index (χ3n) is 2.15. The van der Waals surface area contributed by atoms with Gasteiger partial charge in [0.2, 0.25) is 5.91 Å². The maximum Gasteiger partial charge on any atom is 0.327 e. The number of carboxylic acids is 1. The first-order valence-corrected chi connectivity index (χ1v) is 6.54. The van der Waals surface area contributed by atoms with Gasteiger partial charge in [-0.05, 0) is 13.8 Å². The van der Waals surface area contributed by atoms with Crippen molar-refractivity contribution in [1.29, 1.82) is 0 Å². The minimum atomic E-state index is -0.981. The van der Waals surface area contributed by atoms with Crippen molar-refractivity contribution < 1.29 is 34.6 Å². The smallest absolute Gasteiger partial charge is 0.327 e. The van der Waals surface area contributed by atoms with E-state index >= 15 is 0 Å². The molecule has 0 radical (unpaired) electrons. The van der Waals surface area contributed by atoms with Gasteiger partial charge < -0.3 is 15.5 Å². The van der Waals surface area contributed by atoms with Gasteiger partial charge >= 0.3 is 5.97 Å². The third-order valence-corrected chi connectivity index (χ3v) is 2.15. The van der Waals surface area contributed by atoms with Gasteiger partial charge in [0.15, 0.2) is 0 Å². The SMILES string of the molecule is C=C(C)C(=O)NCC(C)O.C=CC(=O)O.O=C1CCC(=O)N1O. The molecule has 9 heteroatoms. The molecule has 1 aliphatic heterocycles. The summed E-state index contributed by atoms with van der Waals surface area (Å²) in [4.78, 5) is 40.5. The quantitative estimate of drug-likeness (QED) is 0.318. The lowest BCUT2D eigenvalue weighted by Crippen LogP contribution is -2.30. The van der Waals surface area contributed by atoms with Crippen molar-refractivity contribution >= 4 is 23.7 Å². The number of nitrogens with one attached hydrogen (secondary N) is 1. The van der Waals surface area contributed by atoms with Crippen LogP contribution in [0.15, 0.2) is 24.8 Å². The molecule has 0 spiro atoms. The molecule has 1 unspecified atom stereocenters. The molecule has 23 heavy (non-hydrogen) atoms. The fourth-order valence-electron chi connectivity index (χ4n) is 0.956. The average Bonchev–Trinajstić information content (AvgIpc) is 2.77. The van der Waals surface area contributed by atoms with Crippen molar-refractivity contribution in [3.8, 4) is 0 Å². The zero-order valence-corrected chi connectivity index (χ0v) is 13.1. The van der Waals surface area contributed by atoms with E-state index in [0.717, 1.165) is 6.08 Å².